The summed E-state index contributed by atoms with van der Waals surface area (Å²) in [7, 11) is 0. The average molecular weight is 201 g/mol. The molecule has 0 aromatic rings. The summed E-state index contributed by atoms with van der Waals surface area (Å²) in [5.41, 5.74) is -0.669. The minimum Gasteiger partial charge on any atom is -0.388 e. The van der Waals surface area contributed by atoms with Crippen LogP contribution in [0.1, 0.15) is 33.6 Å². The van der Waals surface area contributed by atoms with E-state index in [1.807, 2.05) is 13.8 Å². The number of piperidine rings is 1. The summed E-state index contributed by atoms with van der Waals surface area (Å²) in [6.07, 6.45) is 2.17. The second-order valence-electron chi connectivity index (χ2n) is 4.67. The number of hydrogen-bond acceptors (Lipinski definition) is 3. The van der Waals surface area contributed by atoms with Crippen LogP contribution >= 0.6 is 0 Å². The third kappa shape index (κ3) is 3.56. The van der Waals surface area contributed by atoms with Gasteiger partial charge < -0.3 is 15.2 Å². The Morgan fingerprint density at radius 1 is 1.57 bits per heavy atom. The Balaban J connectivity index is 2.29. The van der Waals surface area contributed by atoms with Crippen molar-refractivity contribution < 1.29 is 9.84 Å². The van der Waals surface area contributed by atoms with Crippen LogP contribution in [-0.4, -0.2) is 36.5 Å². The quantitative estimate of drug-likeness (QED) is 0.717. The standard InChI is InChI=1S/C11H23NO2/c1-4-11(3,13)8-14-10-7-12-6-5-9(10)2/h9-10,12-13H,4-8H2,1-3H3. The fourth-order valence-electron chi connectivity index (χ4n) is 1.57. The number of nitrogens with one attached hydrogen (secondary N) is 1. The van der Waals surface area contributed by atoms with Crippen LogP contribution in [0.3, 0.4) is 0 Å². The lowest BCUT2D eigenvalue weighted by Crippen LogP contribution is -2.43. The molecule has 0 aliphatic carbocycles. The molecule has 3 nitrogen and oxygen atoms in total. The molecule has 1 heterocycles. The van der Waals surface area contributed by atoms with Gasteiger partial charge in [0.1, 0.15) is 0 Å². The Labute approximate surface area is 86.8 Å². The summed E-state index contributed by atoms with van der Waals surface area (Å²) in [6, 6.07) is 0. The van der Waals surface area contributed by atoms with Gasteiger partial charge in [-0.1, -0.05) is 13.8 Å². The summed E-state index contributed by atoms with van der Waals surface area (Å²) in [5, 5.41) is 13.1. The molecule has 3 atom stereocenters. The Kier molecular flexibility index (Phi) is 4.35. The van der Waals surface area contributed by atoms with Crippen molar-refractivity contribution in [3.63, 3.8) is 0 Å². The number of rotatable bonds is 4. The minimum atomic E-state index is -0.669. The fourth-order valence-corrected chi connectivity index (χ4v) is 1.57. The van der Waals surface area contributed by atoms with E-state index in [4.69, 9.17) is 4.74 Å². The summed E-state index contributed by atoms with van der Waals surface area (Å²) in [5.74, 6) is 0.601. The van der Waals surface area contributed by atoms with E-state index in [2.05, 4.69) is 12.2 Å². The number of aliphatic hydroxyl groups is 1. The van der Waals surface area contributed by atoms with Crippen LogP contribution in [0.25, 0.3) is 0 Å². The normalized spacial score (nSPS) is 32.6. The molecule has 14 heavy (non-hydrogen) atoms. The zero-order valence-corrected chi connectivity index (χ0v) is 9.55. The smallest absolute Gasteiger partial charge is 0.0849 e. The molecular formula is C11H23NO2. The maximum Gasteiger partial charge on any atom is 0.0849 e. The molecule has 0 aromatic heterocycles. The van der Waals surface area contributed by atoms with E-state index in [1.165, 1.54) is 6.42 Å². The lowest BCUT2D eigenvalue weighted by molar-refractivity contribution is -0.0827. The first kappa shape index (κ1) is 12.0. The summed E-state index contributed by atoms with van der Waals surface area (Å²) in [6.45, 7) is 8.47. The second kappa shape index (κ2) is 5.10. The van der Waals surface area contributed by atoms with Crippen LogP contribution in [-0.2, 0) is 4.74 Å². The Morgan fingerprint density at radius 2 is 2.29 bits per heavy atom. The van der Waals surface area contributed by atoms with Crippen LogP contribution in [0.4, 0.5) is 0 Å². The van der Waals surface area contributed by atoms with Crippen LogP contribution in [0, 0.1) is 5.92 Å². The first-order chi connectivity index (χ1) is 6.55. The molecule has 1 fully saturated rings. The largest absolute Gasteiger partial charge is 0.388 e. The zero-order valence-electron chi connectivity index (χ0n) is 9.55. The van der Waals surface area contributed by atoms with Gasteiger partial charge in [-0.05, 0) is 32.2 Å². The number of hydrogen-bond donors (Lipinski definition) is 2. The van der Waals surface area contributed by atoms with Gasteiger partial charge in [0.2, 0.25) is 0 Å². The molecule has 0 amide bonds. The molecule has 0 bridgehead atoms. The maximum absolute atomic E-state index is 9.79. The average Bonchev–Trinajstić information content (AvgIpc) is 2.17. The molecular weight excluding hydrogens is 178 g/mol. The molecule has 1 rings (SSSR count). The van der Waals surface area contributed by atoms with E-state index in [0.29, 0.717) is 12.5 Å². The molecule has 0 spiro atoms. The van der Waals surface area contributed by atoms with Crippen molar-refractivity contribution in [1.29, 1.82) is 0 Å². The Morgan fingerprint density at radius 3 is 2.86 bits per heavy atom. The van der Waals surface area contributed by atoms with E-state index >= 15 is 0 Å². The van der Waals surface area contributed by atoms with Crippen LogP contribution < -0.4 is 5.32 Å². The van der Waals surface area contributed by atoms with Crippen molar-refractivity contribution in [2.45, 2.75) is 45.3 Å². The lowest BCUT2D eigenvalue weighted by Gasteiger charge is -2.32. The van der Waals surface area contributed by atoms with Gasteiger partial charge in [0.25, 0.3) is 0 Å². The van der Waals surface area contributed by atoms with E-state index < -0.39 is 5.60 Å². The zero-order chi connectivity index (χ0) is 10.6. The van der Waals surface area contributed by atoms with E-state index in [-0.39, 0.29) is 6.10 Å². The molecule has 84 valence electrons. The van der Waals surface area contributed by atoms with Gasteiger partial charge in [-0.25, -0.2) is 0 Å². The molecule has 0 radical (unpaired) electrons. The van der Waals surface area contributed by atoms with Gasteiger partial charge in [0.05, 0.1) is 18.3 Å². The first-order valence-electron chi connectivity index (χ1n) is 5.60. The SMILES string of the molecule is CCC(C)(O)COC1CNCCC1C. The summed E-state index contributed by atoms with van der Waals surface area (Å²) in [4.78, 5) is 0. The minimum absolute atomic E-state index is 0.266. The molecule has 1 aliphatic rings. The van der Waals surface area contributed by atoms with E-state index in [1.54, 1.807) is 0 Å². The van der Waals surface area contributed by atoms with Crippen molar-refractivity contribution >= 4 is 0 Å². The van der Waals surface area contributed by atoms with Crippen LogP contribution in [0.2, 0.25) is 0 Å². The molecule has 1 aliphatic heterocycles. The van der Waals surface area contributed by atoms with Crippen molar-refractivity contribution in [3.05, 3.63) is 0 Å². The topological polar surface area (TPSA) is 41.5 Å². The lowest BCUT2D eigenvalue weighted by atomic mass is 9.97. The summed E-state index contributed by atoms with van der Waals surface area (Å²) >= 11 is 0. The molecule has 3 heteroatoms. The van der Waals surface area contributed by atoms with Crippen LogP contribution in [0.15, 0.2) is 0 Å². The van der Waals surface area contributed by atoms with Crippen molar-refractivity contribution in [2.24, 2.45) is 5.92 Å². The molecule has 1 saturated heterocycles. The fraction of sp³-hybridized carbons (Fsp3) is 1.00. The Bertz CT molecular complexity index is 171. The molecule has 0 saturated carbocycles. The molecule has 0 aromatic carbocycles. The number of ether oxygens (including phenoxy) is 1. The van der Waals surface area contributed by atoms with Gasteiger partial charge >= 0.3 is 0 Å². The highest BCUT2D eigenvalue weighted by Gasteiger charge is 2.25. The van der Waals surface area contributed by atoms with Crippen molar-refractivity contribution in [2.75, 3.05) is 19.7 Å². The van der Waals surface area contributed by atoms with Gasteiger partial charge in [-0.15, -0.1) is 0 Å². The molecule has 2 N–H and O–H groups in total. The summed E-state index contributed by atoms with van der Waals surface area (Å²) < 4.78 is 5.74. The van der Waals surface area contributed by atoms with Gasteiger partial charge in [-0.3, -0.25) is 0 Å². The third-order valence-electron chi connectivity index (χ3n) is 3.13. The highest BCUT2D eigenvalue weighted by atomic mass is 16.5. The first-order valence-corrected chi connectivity index (χ1v) is 5.60. The predicted octanol–water partition coefficient (Wildman–Crippen LogP) is 1.16. The van der Waals surface area contributed by atoms with Crippen molar-refractivity contribution in [1.82, 2.24) is 5.32 Å². The molecule has 3 unspecified atom stereocenters. The third-order valence-corrected chi connectivity index (χ3v) is 3.13. The van der Waals surface area contributed by atoms with Gasteiger partial charge in [0, 0.05) is 6.54 Å². The maximum atomic E-state index is 9.79. The van der Waals surface area contributed by atoms with E-state index in [9.17, 15) is 5.11 Å². The Hall–Kier alpha value is -0.120. The van der Waals surface area contributed by atoms with Gasteiger partial charge in [-0.2, -0.15) is 0 Å². The highest BCUT2D eigenvalue weighted by Crippen LogP contribution is 2.17. The van der Waals surface area contributed by atoms with Gasteiger partial charge in [0.15, 0.2) is 0 Å². The predicted molar refractivity (Wildman–Crippen MR) is 57.3 cm³/mol. The highest BCUT2D eigenvalue weighted by molar-refractivity contribution is 4.78. The second-order valence-corrected chi connectivity index (χ2v) is 4.67. The monoisotopic (exact) mass is 201 g/mol. The van der Waals surface area contributed by atoms with E-state index in [0.717, 1.165) is 19.5 Å². The van der Waals surface area contributed by atoms with Crippen molar-refractivity contribution in [3.8, 4) is 0 Å². The van der Waals surface area contributed by atoms with Crippen LogP contribution in [0.5, 0.6) is 0 Å².